The molecule has 1 unspecified atom stereocenters. The van der Waals surface area contributed by atoms with Crippen molar-refractivity contribution in [3.63, 3.8) is 0 Å². The molecule has 1 aliphatic heterocycles. The van der Waals surface area contributed by atoms with Gasteiger partial charge >= 0.3 is 0 Å². The molecular formula is C11H14N2O3S. The zero-order chi connectivity index (χ0) is 12.3. The van der Waals surface area contributed by atoms with E-state index in [-0.39, 0.29) is 5.69 Å². The first-order valence-electron chi connectivity index (χ1n) is 5.37. The summed E-state index contributed by atoms with van der Waals surface area (Å²) in [5, 5.41) is 14.0. The van der Waals surface area contributed by atoms with E-state index < -0.39 is 4.92 Å². The number of rotatable bonds is 4. The van der Waals surface area contributed by atoms with E-state index in [4.69, 9.17) is 4.74 Å². The zero-order valence-corrected chi connectivity index (χ0v) is 10.3. The maximum Gasteiger partial charge on any atom is 0.271 e. The molecule has 0 spiro atoms. The largest absolute Gasteiger partial charge is 0.495 e. The SMILES string of the molecule is COc1ccc([N+](=O)[O-])cc1NC1CCSC1. The second-order valence-electron chi connectivity index (χ2n) is 3.85. The number of non-ortho nitro benzene ring substituents is 1. The van der Waals surface area contributed by atoms with Crippen LogP contribution in [0.25, 0.3) is 0 Å². The van der Waals surface area contributed by atoms with Gasteiger partial charge in [0.2, 0.25) is 0 Å². The van der Waals surface area contributed by atoms with Crippen molar-refractivity contribution in [2.45, 2.75) is 12.5 Å². The van der Waals surface area contributed by atoms with Gasteiger partial charge in [-0.2, -0.15) is 11.8 Å². The minimum Gasteiger partial charge on any atom is -0.495 e. The third kappa shape index (κ3) is 2.82. The number of nitro groups is 1. The standard InChI is InChI=1S/C11H14N2O3S/c1-16-11-3-2-9(13(14)15)6-10(11)12-8-4-5-17-7-8/h2-3,6,8,12H,4-5,7H2,1H3. The fraction of sp³-hybridized carbons (Fsp3) is 0.455. The second kappa shape index (κ2) is 5.27. The molecule has 1 aromatic carbocycles. The molecule has 1 atom stereocenters. The molecular weight excluding hydrogens is 240 g/mol. The van der Waals surface area contributed by atoms with E-state index in [9.17, 15) is 10.1 Å². The number of hydrogen-bond acceptors (Lipinski definition) is 5. The summed E-state index contributed by atoms with van der Waals surface area (Å²) >= 11 is 1.89. The summed E-state index contributed by atoms with van der Waals surface area (Å²) < 4.78 is 5.20. The maximum atomic E-state index is 10.7. The smallest absolute Gasteiger partial charge is 0.271 e. The Hall–Kier alpha value is -1.43. The van der Waals surface area contributed by atoms with Gasteiger partial charge in [0.1, 0.15) is 5.75 Å². The third-order valence-corrected chi connectivity index (χ3v) is 3.85. The molecule has 5 nitrogen and oxygen atoms in total. The lowest BCUT2D eigenvalue weighted by molar-refractivity contribution is -0.384. The van der Waals surface area contributed by atoms with Gasteiger partial charge in [0.15, 0.2) is 0 Å². The van der Waals surface area contributed by atoms with Crippen LogP contribution in [0.2, 0.25) is 0 Å². The molecule has 1 fully saturated rings. The van der Waals surface area contributed by atoms with Gasteiger partial charge in [0.05, 0.1) is 17.7 Å². The van der Waals surface area contributed by atoms with Crippen molar-refractivity contribution >= 4 is 23.1 Å². The third-order valence-electron chi connectivity index (χ3n) is 2.68. The molecule has 0 bridgehead atoms. The summed E-state index contributed by atoms with van der Waals surface area (Å²) in [6.45, 7) is 0. The highest BCUT2D eigenvalue weighted by Gasteiger charge is 2.18. The summed E-state index contributed by atoms with van der Waals surface area (Å²) in [6, 6.07) is 4.98. The molecule has 0 aromatic heterocycles. The van der Waals surface area contributed by atoms with Crippen LogP contribution in [0.15, 0.2) is 18.2 Å². The van der Waals surface area contributed by atoms with Crippen LogP contribution in [0.3, 0.4) is 0 Å². The molecule has 1 heterocycles. The minimum absolute atomic E-state index is 0.0824. The number of thioether (sulfide) groups is 1. The van der Waals surface area contributed by atoms with Crippen molar-refractivity contribution in [1.82, 2.24) is 0 Å². The van der Waals surface area contributed by atoms with Crippen LogP contribution in [-0.2, 0) is 0 Å². The summed E-state index contributed by atoms with van der Waals surface area (Å²) in [4.78, 5) is 10.3. The van der Waals surface area contributed by atoms with Gasteiger partial charge in [-0.25, -0.2) is 0 Å². The molecule has 1 saturated heterocycles. The van der Waals surface area contributed by atoms with Gasteiger partial charge in [-0.3, -0.25) is 10.1 Å². The summed E-state index contributed by atoms with van der Waals surface area (Å²) in [7, 11) is 1.57. The number of nitro benzene ring substituents is 1. The lowest BCUT2D eigenvalue weighted by atomic mass is 10.2. The van der Waals surface area contributed by atoms with E-state index in [2.05, 4.69) is 5.32 Å². The minimum atomic E-state index is -0.395. The van der Waals surface area contributed by atoms with E-state index in [0.717, 1.165) is 17.9 Å². The summed E-state index contributed by atoms with van der Waals surface area (Å²) in [5.74, 6) is 2.81. The Bertz CT molecular complexity index is 419. The zero-order valence-electron chi connectivity index (χ0n) is 9.51. The number of methoxy groups -OCH3 is 1. The molecule has 6 heteroatoms. The summed E-state index contributed by atoms with van der Waals surface area (Å²) in [5.41, 5.74) is 0.785. The molecule has 92 valence electrons. The van der Waals surface area contributed by atoms with Gasteiger partial charge < -0.3 is 10.1 Å². The molecule has 0 radical (unpaired) electrons. The van der Waals surface area contributed by atoms with Crippen LogP contribution in [-0.4, -0.2) is 29.6 Å². The first-order chi connectivity index (χ1) is 8.20. The van der Waals surface area contributed by atoms with Crippen LogP contribution in [0.1, 0.15) is 6.42 Å². The van der Waals surface area contributed by atoms with Crippen molar-refractivity contribution in [1.29, 1.82) is 0 Å². The first-order valence-corrected chi connectivity index (χ1v) is 6.53. The van der Waals surface area contributed by atoms with E-state index >= 15 is 0 Å². The van der Waals surface area contributed by atoms with Crippen molar-refractivity contribution < 1.29 is 9.66 Å². The molecule has 0 saturated carbocycles. The van der Waals surface area contributed by atoms with Gasteiger partial charge in [0.25, 0.3) is 5.69 Å². The number of nitrogens with zero attached hydrogens (tertiary/aromatic N) is 1. The van der Waals surface area contributed by atoms with E-state index in [1.165, 1.54) is 12.1 Å². The predicted octanol–water partition coefficient (Wildman–Crippen LogP) is 2.52. The average Bonchev–Trinajstić information content (AvgIpc) is 2.81. The molecule has 1 aromatic rings. The maximum absolute atomic E-state index is 10.7. The fourth-order valence-corrected chi connectivity index (χ4v) is 2.94. The normalized spacial score (nSPS) is 19.0. The Balaban J connectivity index is 2.21. The van der Waals surface area contributed by atoms with Crippen LogP contribution in [0.5, 0.6) is 5.75 Å². The average molecular weight is 254 g/mol. The van der Waals surface area contributed by atoms with Crippen molar-refractivity contribution in [3.05, 3.63) is 28.3 Å². The monoisotopic (exact) mass is 254 g/mol. The number of hydrogen-bond donors (Lipinski definition) is 1. The van der Waals surface area contributed by atoms with Gasteiger partial charge in [-0.05, 0) is 18.2 Å². The second-order valence-corrected chi connectivity index (χ2v) is 5.00. The Morgan fingerprint density at radius 2 is 2.41 bits per heavy atom. The first kappa shape index (κ1) is 12.0. The highest BCUT2D eigenvalue weighted by atomic mass is 32.2. The highest BCUT2D eigenvalue weighted by Crippen LogP contribution is 2.31. The van der Waals surface area contributed by atoms with E-state index in [1.54, 1.807) is 13.2 Å². The quantitative estimate of drug-likeness (QED) is 0.660. The van der Waals surface area contributed by atoms with E-state index in [0.29, 0.717) is 17.5 Å². The number of anilines is 1. The molecule has 1 aliphatic rings. The number of ether oxygens (including phenoxy) is 1. The lowest BCUT2D eigenvalue weighted by Gasteiger charge is -2.15. The Kier molecular flexibility index (Phi) is 3.73. The van der Waals surface area contributed by atoms with Gasteiger partial charge in [-0.1, -0.05) is 0 Å². The Labute approximate surface area is 104 Å². The molecule has 0 aliphatic carbocycles. The van der Waals surface area contributed by atoms with Crippen LogP contribution < -0.4 is 10.1 Å². The number of nitrogens with one attached hydrogen (secondary N) is 1. The van der Waals surface area contributed by atoms with Crippen LogP contribution >= 0.6 is 11.8 Å². The predicted molar refractivity (Wildman–Crippen MR) is 69.0 cm³/mol. The Morgan fingerprint density at radius 1 is 1.59 bits per heavy atom. The highest BCUT2D eigenvalue weighted by molar-refractivity contribution is 7.99. The fourth-order valence-electron chi connectivity index (χ4n) is 1.79. The molecule has 17 heavy (non-hydrogen) atoms. The number of benzene rings is 1. The summed E-state index contributed by atoms with van der Waals surface area (Å²) in [6.07, 6.45) is 1.08. The molecule has 1 N–H and O–H groups in total. The molecule has 0 amide bonds. The van der Waals surface area contributed by atoms with Crippen molar-refractivity contribution in [3.8, 4) is 5.75 Å². The van der Waals surface area contributed by atoms with E-state index in [1.807, 2.05) is 11.8 Å². The lowest BCUT2D eigenvalue weighted by Crippen LogP contribution is -2.18. The van der Waals surface area contributed by atoms with Crippen LogP contribution in [0.4, 0.5) is 11.4 Å². The topological polar surface area (TPSA) is 64.4 Å². The van der Waals surface area contributed by atoms with Crippen LogP contribution in [0, 0.1) is 10.1 Å². The van der Waals surface area contributed by atoms with Gasteiger partial charge in [0, 0.05) is 23.9 Å². The van der Waals surface area contributed by atoms with Crippen molar-refractivity contribution in [2.24, 2.45) is 0 Å². The Morgan fingerprint density at radius 3 is 3.00 bits per heavy atom. The van der Waals surface area contributed by atoms with Gasteiger partial charge in [-0.15, -0.1) is 0 Å². The molecule has 2 rings (SSSR count). The van der Waals surface area contributed by atoms with Crippen molar-refractivity contribution in [2.75, 3.05) is 23.9 Å².